The molecule has 1 fully saturated rings. The number of para-hydroxylation sites is 2. The molecule has 2 aliphatic heterocycles. The van der Waals surface area contributed by atoms with Crippen LogP contribution < -0.4 is 15.4 Å². The fraction of sp³-hybridized carbons (Fsp3) is 0.529. The van der Waals surface area contributed by atoms with Gasteiger partial charge in [0, 0.05) is 19.6 Å². The normalized spacial score (nSPS) is 21.8. The number of nitrogens with zero attached hydrogens (tertiary/aromatic N) is 3. The maximum atomic E-state index is 12.9. The van der Waals surface area contributed by atoms with Crippen molar-refractivity contribution in [2.75, 3.05) is 50.4 Å². The molecule has 2 aliphatic rings. The van der Waals surface area contributed by atoms with Gasteiger partial charge in [-0.3, -0.25) is 14.5 Å². The second-order valence-corrected chi connectivity index (χ2v) is 8.76. The third-order valence-electron chi connectivity index (χ3n) is 4.77. The topological polar surface area (TPSA) is 113 Å². The molecule has 1 atom stereocenters. The summed E-state index contributed by atoms with van der Waals surface area (Å²) >= 11 is 0. The van der Waals surface area contributed by atoms with E-state index in [0.717, 1.165) is 0 Å². The van der Waals surface area contributed by atoms with Gasteiger partial charge in [-0.05, 0) is 25.1 Å². The molecular formula is C17H24N4O5S. The van der Waals surface area contributed by atoms with Crippen LogP contribution >= 0.6 is 0 Å². The molecule has 0 radical (unpaired) electrons. The number of hydrogen-bond donors (Lipinski definition) is 1. The van der Waals surface area contributed by atoms with E-state index in [9.17, 15) is 18.0 Å². The quantitative estimate of drug-likeness (QED) is 0.715. The minimum absolute atomic E-state index is 0.0640. The first kappa shape index (κ1) is 19.6. The summed E-state index contributed by atoms with van der Waals surface area (Å²) in [5.41, 5.74) is 5.98. The number of primary amides is 1. The van der Waals surface area contributed by atoms with Crippen LogP contribution in [0.5, 0.6) is 5.75 Å². The summed E-state index contributed by atoms with van der Waals surface area (Å²) in [5, 5.41) is 0. The Kier molecular flexibility index (Phi) is 5.68. The Morgan fingerprint density at radius 3 is 2.63 bits per heavy atom. The average molecular weight is 396 g/mol. The van der Waals surface area contributed by atoms with E-state index in [2.05, 4.69) is 0 Å². The molecular weight excluding hydrogens is 372 g/mol. The Hall–Kier alpha value is -2.17. The molecule has 0 saturated carbocycles. The number of carbonyl (C=O) groups is 2. The van der Waals surface area contributed by atoms with Crippen LogP contribution in [0.4, 0.5) is 5.69 Å². The summed E-state index contributed by atoms with van der Waals surface area (Å²) in [6, 6.07) is 7.02. The van der Waals surface area contributed by atoms with E-state index >= 15 is 0 Å². The molecule has 10 heteroatoms. The van der Waals surface area contributed by atoms with Gasteiger partial charge in [0.2, 0.25) is 15.9 Å². The lowest BCUT2D eigenvalue weighted by atomic mass is 10.1. The Balaban J connectivity index is 1.71. The van der Waals surface area contributed by atoms with E-state index in [1.807, 2.05) is 4.90 Å². The van der Waals surface area contributed by atoms with Gasteiger partial charge < -0.3 is 15.4 Å². The summed E-state index contributed by atoms with van der Waals surface area (Å²) in [4.78, 5) is 28.0. The van der Waals surface area contributed by atoms with Gasteiger partial charge in [-0.1, -0.05) is 12.1 Å². The standard InChI is InChI=1S/C17H24N4O5S/c1-27(24,25)20-8-4-7-19(9-10-20)12-16(22)21-11-15(17(18)23)26-14-6-3-2-5-13(14)21/h2-3,5-6,15H,4,7-12H2,1H3,(H2,18,23)/t15-/m0/s1. The highest BCUT2D eigenvalue weighted by molar-refractivity contribution is 7.88. The first-order chi connectivity index (χ1) is 12.8. The van der Waals surface area contributed by atoms with Crippen LogP contribution in [0.2, 0.25) is 0 Å². The van der Waals surface area contributed by atoms with Crippen molar-refractivity contribution in [1.82, 2.24) is 9.21 Å². The van der Waals surface area contributed by atoms with Crippen LogP contribution in [0.3, 0.4) is 0 Å². The Bertz CT molecular complexity index is 828. The van der Waals surface area contributed by atoms with E-state index in [4.69, 9.17) is 10.5 Å². The van der Waals surface area contributed by atoms with Crippen molar-refractivity contribution >= 4 is 27.5 Å². The van der Waals surface area contributed by atoms with Gasteiger partial charge in [-0.25, -0.2) is 12.7 Å². The molecule has 9 nitrogen and oxygen atoms in total. The van der Waals surface area contributed by atoms with Gasteiger partial charge in [0.05, 0.1) is 25.0 Å². The first-order valence-corrected chi connectivity index (χ1v) is 10.6. The molecule has 0 bridgehead atoms. The SMILES string of the molecule is CS(=O)(=O)N1CCCN(CC(=O)N2C[C@@H](C(N)=O)Oc3ccccc32)CC1. The zero-order valence-electron chi connectivity index (χ0n) is 15.2. The predicted octanol–water partition coefficient (Wildman–Crippen LogP) is -0.767. The molecule has 0 aromatic heterocycles. The number of rotatable bonds is 4. The molecule has 1 aromatic rings. The molecule has 1 saturated heterocycles. The molecule has 3 rings (SSSR count). The van der Waals surface area contributed by atoms with Crippen molar-refractivity contribution in [1.29, 1.82) is 0 Å². The first-order valence-electron chi connectivity index (χ1n) is 8.78. The minimum atomic E-state index is -3.23. The van der Waals surface area contributed by atoms with Crippen LogP contribution in [-0.4, -0.2) is 81.1 Å². The molecule has 2 heterocycles. The number of anilines is 1. The molecule has 1 aromatic carbocycles. The monoisotopic (exact) mass is 396 g/mol. The fourth-order valence-corrected chi connectivity index (χ4v) is 4.21. The Labute approximate surface area is 158 Å². The number of fused-ring (bicyclic) bond motifs is 1. The summed E-state index contributed by atoms with van der Waals surface area (Å²) in [6.07, 6.45) is 0.959. The van der Waals surface area contributed by atoms with Crippen molar-refractivity contribution in [3.05, 3.63) is 24.3 Å². The number of benzene rings is 1. The Morgan fingerprint density at radius 2 is 1.93 bits per heavy atom. The number of hydrogen-bond acceptors (Lipinski definition) is 6. The van der Waals surface area contributed by atoms with Crippen LogP contribution in [-0.2, 0) is 19.6 Å². The third-order valence-corrected chi connectivity index (χ3v) is 6.07. The smallest absolute Gasteiger partial charge is 0.260 e. The molecule has 0 unspecified atom stereocenters. The zero-order valence-corrected chi connectivity index (χ0v) is 16.0. The molecule has 0 spiro atoms. The van der Waals surface area contributed by atoms with Gasteiger partial charge in [0.15, 0.2) is 6.10 Å². The van der Waals surface area contributed by atoms with Crippen LogP contribution in [0.1, 0.15) is 6.42 Å². The highest BCUT2D eigenvalue weighted by Gasteiger charge is 2.33. The average Bonchev–Trinajstić information content (AvgIpc) is 2.86. The molecule has 0 aliphatic carbocycles. The van der Waals surface area contributed by atoms with Crippen molar-refractivity contribution < 1.29 is 22.7 Å². The molecule has 2 N–H and O–H groups in total. The van der Waals surface area contributed by atoms with Gasteiger partial charge in [0.25, 0.3) is 5.91 Å². The van der Waals surface area contributed by atoms with E-state index < -0.39 is 22.0 Å². The summed E-state index contributed by atoms with van der Waals surface area (Å²) < 4.78 is 30.5. The van der Waals surface area contributed by atoms with Crippen molar-refractivity contribution in [2.45, 2.75) is 12.5 Å². The molecule has 27 heavy (non-hydrogen) atoms. The second-order valence-electron chi connectivity index (χ2n) is 6.77. The lowest BCUT2D eigenvalue weighted by molar-refractivity contribution is -0.125. The fourth-order valence-electron chi connectivity index (χ4n) is 3.33. The number of amides is 2. The maximum absolute atomic E-state index is 12.9. The maximum Gasteiger partial charge on any atom is 0.260 e. The highest BCUT2D eigenvalue weighted by atomic mass is 32.2. The number of nitrogens with two attached hydrogens (primary N) is 1. The van der Waals surface area contributed by atoms with Gasteiger partial charge in [0.1, 0.15) is 5.75 Å². The molecule has 148 valence electrons. The van der Waals surface area contributed by atoms with Crippen LogP contribution in [0, 0.1) is 0 Å². The van der Waals surface area contributed by atoms with Crippen LogP contribution in [0.25, 0.3) is 0 Å². The largest absolute Gasteiger partial charge is 0.477 e. The van der Waals surface area contributed by atoms with Gasteiger partial charge >= 0.3 is 0 Å². The van der Waals surface area contributed by atoms with E-state index in [-0.39, 0.29) is 19.0 Å². The number of ether oxygens (including phenoxy) is 1. The minimum Gasteiger partial charge on any atom is -0.477 e. The van der Waals surface area contributed by atoms with Gasteiger partial charge in [-0.2, -0.15) is 0 Å². The van der Waals surface area contributed by atoms with Crippen molar-refractivity contribution in [3.8, 4) is 5.75 Å². The van der Waals surface area contributed by atoms with Crippen molar-refractivity contribution in [2.24, 2.45) is 5.73 Å². The van der Waals surface area contributed by atoms with E-state index in [1.54, 1.807) is 24.3 Å². The lowest BCUT2D eigenvalue weighted by Gasteiger charge is -2.34. The lowest BCUT2D eigenvalue weighted by Crippen LogP contribution is -2.51. The second kappa shape index (κ2) is 7.83. The predicted molar refractivity (Wildman–Crippen MR) is 99.9 cm³/mol. The van der Waals surface area contributed by atoms with Crippen LogP contribution in [0.15, 0.2) is 24.3 Å². The summed E-state index contributed by atoms with van der Waals surface area (Å²) in [7, 11) is -3.23. The zero-order chi connectivity index (χ0) is 19.6. The number of carbonyl (C=O) groups excluding carboxylic acids is 2. The molecule has 2 amide bonds. The Morgan fingerprint density at radius 1 is 1.19 bits per heavy atom. The highest BCUT2D eigenvalue weighted by Crippen LogP contribution is 2.33. The van der Waals surface area contributed by atoms with E-state index in [1.165, 1.54) is 15.5 Å². The number of sulfonamides is 1. The van der Waals surface area contributed by atoms with Crippen molar-refractivity contribution in [3.63, 3.8) is 0 Å². The summed E-state index contributed by atoms with van der Waals surface area (Å²) in [6.45, 7) is 2.11. The van der Waals surface area contributed by atoms with Gasteiger partial charge in [-0.15, -0.1) is 0 Å². The summed E-state index contributed by atoms with van der Waals surface area (Å²) in [5.74, 6) is -0.356. The van der Waals surface area contributed by atoms with E-state index in [0.29, 0.717) is 44.0 Å². The third kappa shape index (κ3) is 4.57.